The number of aromatic nitrogens is 1. The summed E-state index contributed by atoms with van der Waals surface area (Å²) in [6, 6.07) is 0.973. The predicted octanol–water partition coefficient (Wildman–Crippen LogP) is 3.19. The lowest BCUT2D eigenvalue weighted by Gasteiger charge is -2.35. The summed E-state index contributed by atoms with van der Waals surface area (Å²) in [5, 5.41) is 10.5. The molecule has 1 aromatic rings. The van der Waals surface area contributed by atoms with Crippen molar-refractivity contribution in [2.24, 2.45) is 0 Å². The number of nitrogens with zero attached hydrogens (tertiary/aromatic N) is 3. The first kappa shape index (κ1) is 19.6. The fraction of sp³-hybridized carbons (Fsp3) is 0.722. The van der Waals surface area contributed by atoms with Crippen LogP contribution in [0, 0.1) is 0 Å². The van der Waals surface area contributed by atoms with Crippen LogP contribution in [0.3, 0.4) is 0 Å². The molecular formula is C18H27N3O3S2. The van der Waals surface area contributed by atoms with E-state index in [0.29, 0.717) is 25.0 Å². The second-order valence-electron chi connectivity index (χ2n) is 7.16. The first-order valence-electron chi connectivity index (χ1n) is 9.36. The highest BCUT2D eigenvalue weighted by atomic mass is 32.2. The summed E-state index contributed by atoms with van der Waals surface area (Å²) in [5.74, 6) is 0.00809. The van der Waals surface area contributed by atoms with Crippen LogP contribution >= 0.6 is 23.1 Å². The van der Waals surface area contributed by atoms with Crippen molar-refractivity contribution in [1.82, 2.24) is 14.8 Å². The van der Waals surface area contributed by atoms with E-state index in [4.69, 9.17) is 5.11 Å². The van der Waals surface area contributed by atoms with Crippen molar-refractivity contribution in [2.75, 3.05) is 25.9 Å². The molecule has 2 fully saturated rings. The Morgan fingerprint density at radius 2 is 2.15 bits per heavy atom. The van der Waals surface area contributed by atoms with Crippen molar-refractivity contribution in [1.29, 1.82) is 0 Å². The highest BCUT2D eigenvalue weighted by Crippen LogP contribution is 2.27. The van der Waals surface area contributed by atoms with E-state index >= 15 is 0 Å². The van der Waals surface area contributed by atoms with Gasteiger partial charge >= 0.3 is 5.97 Å². The fourth-order valence-corrected chi connectivity index (χ4v) is 5.76. The first-order valence-corrected chi connectivity index (χ1v) is 11.2. The molecule has 1 N–H and O–H groups in total. The summed E-state index contributed by atoms with van der Waals surface area (Å²) < 4.78 is 0.755. The van der Waals surface area contributed by atoms with Crippen molar-refractivity contribution >= 4 is 35.0 Å². The van der Waals surface area contributed by atoms with Gasteiger partial charge in [0.25, 0.3) is 0 Å². The number of carbonyl (C=O) groups is 2. The monoisotopic (exact) mass is 397 g/mol. The number of likely N-dealkylation sites (tertiary alicyclic amines) is 1. The van der Waals surface area contributed by atoms with E-state index in [1.807, 2.05) is 4.90 Å². The summed E-state index contributed by atoms with van der Waals surface area (Å²) in [6.07, 6.45) is 8.16. The Morgan fingerprint density at radius 3 is 2.85 bits per heavy atom. The molecule has 1 atom stereocenters. The van der Waals surface area contributed by atoms with Crippen LogP contribution in [-0.4, -0.2) is 69.7 Å². The number of thioether (sulfide) groups is 1. The minimum atomic E-state index is -0.992. The smallest absolute Gasteiger partial charge is 0.355 e. The molecule has 1 aromatic heterocycles. The van der Waals surface area contributed by atoms with Crippen LogP contribution < -0.4 is 0 Å². The van der Waals surface area contributed by atoms with Crippen molar-refractivity contribution in [3.8, 4) is 0 Å². The first-order chi connectivity index (χ1) is 12.5. The average Bonchev–Trinajstić information content (AvgIpc) is 3.24. The van der Waals surface area contributed by atoms with E-state index in [1.165, 1.54) is 55.2 Å². The van der Waals surface area contributed by atoms with Gasteiger partial charge in [-0.2, -0.15) is 0 Å². The number of thiazole rings is 1. The number of aromatic carboxylic acids is 1. The van der Waals surface area contributed by atoms with E-state index in [2.05, 4.69) is 16.9 Å². The number of hydrogen-bond donors (Lipinski definition) is 1. The Balaban J connectivity index is 1.48. The molecule has 0 spiro atoms. The molecule has 2 heterocycles. The topological polar surface area (TPSA) is 73.7 Å². The van der Waals surface area contributed by atoms with Crippen molar-refractivity contribution in [2.45, 2.75) is 61.4 Å². The molecule has 6 nitrogen and oxygen atoms in total. The molecule has 0 unspecified atom stereocenters. The molecule has 144 valence electrons. The van der Waals surface area contributed by atoms with Crippen LogP contribution in [0.15, 0.2) is 9.72 Å². The zero-order chi connectivity index (χ0) is 18.5. The third-order valence-electron chi connectivity index (χ3n) is 5.41. The lowest BCUT2D eigenvalue weighted by Crippen LogP contribution is -2.45. The van der Waals surface area contributed by atoms with Gasteiger partial charge in [-0.3, -0.25) is 4.79 Å². The van der Waals surface area contributed by atoms with Gasteiger partial charge in [0, 0.05) is 42.7 Å². The normalized spacial score (nSPS) is 21.7. The largest absolute Gasteiger partial charge is 0.476 e. The molecule has 3 rings (SSSR count). The molecule has 1 amide bonds. The molecule has 1 saturated heterocycles. The molecule has 0 aromatic carbocycles. The fourth-order valence-electron chi connectivity index (χ4n) is 3.95. The van der Waals surface area contributed by atoms with E-state index in [-0.39, 0.29) is 11.6 Å². The van der Waals surface area contributed by atoms with Gasteiger partial charge in [0.2, 0.25) is 5.91 Å². The second-order valence-corrected chi connectivity index (χ2v) is 9.36. The zero-order valence-corrected chi connectivity index (χ0v) is 16.9. The van der Waals surface area contributed by atoms with Crippen molar-refractivity contribution in [3.63, 3.8) is 0 Å². The number of hydrogen-bond acceptors (Lipinski definition) is 6. The Morgan fingerprint density at radius 1 is 1.38 bits per heavy atom. The molecule has 26 heavy (non-hydrogen) atoms. The van der Waals surface area contributed by atoms with Crippen LogP contribution in [0.5, 0.6) is 0 Å². The highest BCUT2D eigenvalue weighted by molar-refractivity contribution is 8.01. The maximum absolute atomic E-state index is 12.3. The number of carboxylic acids is 1. The predicted molar refractivity (Wildman–Crippen MR) is 104 cm³/mol. The van der Waals surface area contributed by atoms with Gasteiger partial charge in [0.05, 0.1) is 0 Å². The maximum Gasteiger partial charge on any atom is 0.355 e. The van der Waals surface area contributed by atoms with Crippen LogP contribution in [0.2, 0.25) is 0 Å². The number of carbonyl (C=O) groups excluding carboxylic acids is 1. The number of likely N-dealkylation sites (N-methyl/N-ethyl adjacent to an activating group) is 1. The molecular weight excluding hydrogens is 370 g/mol. The summed E-state index contributed by atoms with van der Waals surface area (Å²) in [6.45, 7) is 1.66. The van der Waals surface area contributed by atoms with Crippen molar-refractivity contribution in [3.05, 3.63) is 11.1 Å². The standard InChI is InChI=1S/C18H27N3O3S2/c1-20(13-5-3-2-4-6-13)11-14-7-8-16(22)21(14)9-10-25-18-19-15(12-26-18)17(23)24/h12-14H,2-11H2,1H3,(H,23,24)/t14-/m1/s1. The third kappa shape index (κ3) is 4.98. The molecule has 2 aliphatic rings. The Bertz CT molecular complexity index is 631. The lowest BCUT2D eigenvalue weighted by molar-refractivity contribution is -0.128. The summed E-state index contributed by atoms with van der Waals surface area (Å²) >= 11 is 2.88. The number of carboxylic acid groups (broad SMARTS) is 1. The van der Waals surface area contributed by atoms with Crippen LogP contribution in [0.25, 0.3) is 0 Å². The zero-order valence-electron chi connectivity index (χ0n) is 15.2. The molecule has 1 saturated carbocycles. The Hall–Kier alpha value is -1.12. The van der Waals surface area contributed by atoms with Gasteiger partial charge in [-0.25, -0.2) is 9.78 Å². The Labute approximate surface area is 163 Å². The molecule has 1 aliphatic heterocycles. The molecule has 8 heteroatoms. The Kier molecular flexibility index (Phi) is 6.94. The maximum atomic E-state index is 12.3. The summed E-state index contributed by atoms with van der Waals surface area (Å²) in [4.78, 5) is 31.8. The highest BCUT2D eigenvalue weighted by Gasteiger charge is 2.32. The summed E-state index contributed by atoms with van der Waals surface area (Å²) in [7, 11) is 2.20. The molecule has 0 radical (unpaired) electrons. The third-order valence-corrected chi connectivity index (χ3v) is 7.41. The van der Waals surface area contributed by atoms with E-state index in [1.54, 1.807) is 5.38 Å². The lowest BCUT2D eigenvalue weighted by atomic mass is 9.94. The molecule has 0 bridgehead atoms. The minimum Gasteiger partial charge on any atom is -0.476 e. The molecule has 1 aliphatic carbocycles. The van der Waals surface area contributed by atoms with Gasteiger partial charge in [-0.05, 0) is 26.3 Å². The minimum absolute atomic E-state index is 0.0988. The number of amides is 1. The van der Waals surface area contributed by atoms with E-state index in [9.17, 15) is 9.59 Å². The number of rotatable bonds is 8. The van der Waals surface area contributed by atoms with Gasteiger partial charge in [-0.1, -0.05) is 31.0 Å². The van der Waals surface area contributed by atoms with Gasteiger partial charge in [0.15, 0.2) is 10.0 Å². The second kappa shape index (κ2) is 9.19. The van der Waals surface area contributed by atoms with Gasteiger partial charge in [-0.15, -0.1) is 11.3 Å². The van der Waals surface area contributed by atoms with Crippen LogP contribution in [0.1, 0.15) is 55.4 Å². The quantitative estimate of drug-likeness (QED) is 0.679. The van der Waals surface area contributed by atoms with Crippen LogP contribution in [-0.2, 0) is 4.79 Å². The van der Waals surface area contributed by atoms with E-state index < -0.39 is 5.97 Å². The van der Waals surface area contributed by atoms with E-state index in [0.717, 1.165) is 23.1 Å². The van der Waals surface area contributed by atoms with Crippen LogP contribution in [0.4, 0.5) is 0 Å². The average molecular weight is 398 g/mol. The SMILES string of the molecule is CN(C[C@H]1CCC(=O)N1CCSc1nc(C(=O)O)cs1)C1CCCCC1. The summed E-state index contributed by atoms with van der Waals surface area (Å²) in [5.41, 5.74) is 0.0988. The van der Waals surface area contributed by atoms with Gasteiger partial charge in [0.1, 0.15) is 0 Å². The van der Waals surface area contributed by atoms with Crippen molar-refractivity contribution < 1.29 is 14.7 Å². The van der Waals surface area contributed by atoms with Gasteiger partial charge < -0.3 is 14.9 Å².